The van der Waals surface area contributed by atoms with E-state index in [2.05, 4.69) is 44.0 Å². The van der Waals surface area contributed by atoms with E-state index in [1.807, 2.05) is 13.0 Å². The molecule has 1 unspecified atom stereocenters. The van der Waals surface area contributed by atoms with E-state index in [0.29, 0.717) is 0 Å². The van der Waals surface area contributed by atoms with Crippen LogP contribution in [0, 0.1) is 12.8 Å². The van der Waals surface area contributed by atoms with E-state index < -0.39 is 0 Å². The van der Waals surface area contributed by atoms with Gasteiger partial charge in [0.25, 0.3) is 0 Å². The Morgan fingerprint density at radius 2 is 2.11 bits per heavy atom. The maximum absolute atomic E-state index is 12.1. The Bertz CT molecular complexity index is 858. The number of nitrogens with one attached hydrogen (secondary N) is 1. The number of benzene rings is 1. The van der Waals surface area contributed by atoms with E-state index in [-0.39, 0.29) is 17.9 Å². The topological polar surface area (TPSA) is 72.3 Å². The number of hydrogen-bond donors (Lipinski definition) is 1. The van der Waals surface area contributed by atoms with Gasteiger partial charge >= 0.3 is 0 Å². The SMILES string of the molecule is COc1ccc(CN2CCc3nnc(C(C)NC(=O)C4CC4)n3CC2)cc1C. The molecule has 1 aromatic heterocycles. The van der Waals surface area contributed by atoms with Crippen LogP contribution in [0.3, 0.4) is 0 Å². The molecule has 7 nitrogen and oxygen atoms in total. The van der Waals surface area contributed by atoms with Gasteiger partial charge in [0.05, 0.1) is 13.2 Å². The van der Waals surface area contributed by atoms with Gasteiger partial charge < -0.3 is 14.6 Å². The zero-order valence-corrected chi connectivity index (χ0v) is 16.9. The number of carbonyl (C=O) groups is 1. The molecule has 0 radical (unpaired) electrons. The fraction of sp³-hybridized carbons (Fsp3) is 0.571. The first-order valence-corrected chi connectivity index (χ1v) is 10.1. The lowest BCUT2D eigenvalue weighted by atomic mass is 10.1. The van der Waals surface area contributed by atoms with Crippen LogP contribution in [0.15, 0.2) is 18.2 Å². The van der Waals surface area contributed by atoms with E-state index in [4.69, 9.17) is 4.74 Å². The molecule has 7 heteroatoms. The largest absolute Gasteiger partial charge is 0.496 e. The second-order valence-electron chi connectivity index (χ2n) is 7.96. The second-order valence-corrected chi connectivity index (χ2v) is 7.96. The van der Waals surface area contributed by atoms with E-state index in [1.54, 1.807) is 7.11 Å². The standard InChI is InChI=1S/C21H29N5O2/c1-14-12-16(4-7-18(14)28-3)13-25-9-8-19-23-24-20(26(19)11-10-25)15(2)22-21(27)17-5-6-17/h4,7,12,15,17H,5-6,8-11,13H2,1-3H3,(H,22,27). The number of methoxy groups -OCH3 is 1. The van der Waals surface area contributed by atoms with Crippen molar-refractivity contribution in [1.82, 2.24) is 25.0 Å². The average molecular weight is 383 g/mol. The van der Waals surface area contributed by atoms with Crippen LogP contribution in [-0.4, -0.2) is 45.8 Å². The summed E-state index contributed by atoms with van der Waals surface area (Å²) in [6.07, 6.45) is 2.89. The fourth-order valence-corrected chi connectivity index (χ4v) is 3.91. The normalized spacial score (nSPS) is 18.2. The Labute approximate surface area is 166 Å². The zero-order valence-electron chi connectivity index (χ0n) is 16.9. The maximum Gasteiger partial charge on any atom is 0.223 e. The number of amides is 1. The molecule has 2 aliphatic rings. The molecule has 28 heavy (non-hydrogen) atoms. The fourth-order valence-electron chi connectivity index (χ4n) is 3.91. The predicted octanol–water partition coefficient (Wildman–Crippen LogP) is 2.24. The second kappa shape index (κ2) is 7.91. The molecule has 1 atom stereocenters. The Hall–Kier alpha value is -2.41. The third kappa shape index (κ3) is 4.04. The number of rotatable bonds is 6. The number of nitrogens with zero attached hydrogens (tertiary/aromatic N) is 4. The van der Waals surface area contributed by atoms with Crippen molar-refractivity contribution in [1.29, 1.82) is 0 Å². The van der Waals surface area contributed by atoms with Gasteiger partial charge in [0.15, 0.2) is 5.82 Å². The van der Waals surface area contributed by atoms with Crippen molar-refractivity contribution in [3.8, 4) is 5.75 Å². The van der Waals surface area contributed by atoms with Crippen LogP contribution < -0.4 is 10.1 Å². The molecule has 2 heterocycles. The lowest BCUT2D eigenvalue weighted by molar-refractivity contribution is -0.123. The van der Waals surface area contributed by atoms with E-state index in [0.717, 1.165) is 68.4 Å². The number of hydrogen-bond acceptors (Lipinski definition) is 5. The molecule has 1 N–H and O–H groups in total. The third-order valence-electron chi connectivity index (χ3n) is 5.71. The summed E-state index contributed by atoms with van der Waals surface area (Å²) in [5.74, 6) is 3.16. The number of aryl methyl sites for hydroxylation is 1. The summed E-state index contributed by atoms with van der Waals surface area (Å²) in [6.45, 7) is 7.72. The molecule has 1 saturated carbocycles. The van der Waals surface area contributed by atoms with Gasteiger partial charge in [0, 0.05) is 38.5 Å². The van der Waals surface area contributed by atoms with Crippen LogP contribution in [0.2, 0.25) is 0 Å². The van der Waals surface area contributed by atoms with Gasteiger partial charge in [-0.25, -0.2) is 0 Å². The van der Waals surface area contributed by atoms with Gasteiger partial charge in [-0.1, -0.05) is 12.1 Å². The minimum atomic E-state index is -0.106. The molecule has 1 aliphatic carbocycles. The van der Waals surface area contributed by atoms with E-state index in [9.17, 15) is 4.79 Å². The first kappa shape index (κ1) is 18.9. The summed E-state index contributed by atoms with van der Waals surface area (Å²) in [4.78, 5) is 14.5. The van der Waals surface area contributed by atoms with Crippen molar-refractivity contribution >= 4 is 5.91 Å². The van der Waals surface area contributed by atoms with E-state index >= 15 is 0 Å². The molecule has 4 rings (SSSR count). The average Bonchev–Trinajstić information content (AvgIpc) is 3.47. The molecular formula is C21H29N5O2. The summed E-state index contributed by atoms with van der Waals surface area (Å²) in [5, 5.41) is 11.9. The van der Waals surface area contributed by atoms with Crippen molar-refractivity contribution in [3.63, 3.8) is 0 Å². The van der Waals surface area contributed by atoms with Gasteiger partial charge in [-0.05, 0) is 43.9 Å². The van der Waals surface area contributed by atoms with Gasteiger partial charge in [0.2, 0.25) is 5.91 Å². The summed E-state index contributed by atoms with van der Waals surface area (Å²) in [6, 6.07) is 6.27. The highest BCUT2D eigenvalue weighted by Crippen LogP contribution is 2.29. The molecule has 1 aliphatic heterocycles. The summed E-state index contributed by atoms with van der Waals surface area (Å²) in [5.41, 5.74) is 2.45. The van der Waals surface area contributed by atoms with Gasteiger partial charge in [0.1, 0.15) is 11.6 Å². The maximum atomic E-state index is 12.1. The third-order valence-corrected chi connectivity index (χ3v) is 5.71. The lowest BCUT2D eigenvalue weighted by Gasteiger charge is -2.21. The van der Waals surface area contributed by atoms with Gasteiger partial charge in [-0.15, -0.1) is 10.2 Å². The Morgan fingerprint density at radius 3 is 2.82 bits per heavy atom. The smallest absolute Gasteiger partial charge is 0.223 e. The predicted molar refractivity (Wildman–Crippen MR) is 106 cm³/mol. The van der Waals surface area contributed by atoms with Crippen molar-refractivity contribution < 1.29 is 9.53 Å². The molecule has 0 saturated heterocycles. The minimum Gasteiger partial charge on any atom is -0.496 e. The van der Waals surface area contributed by atoms with Crippen molar-refractivity contribution in [2.24, 2.45) is 5.92 Å². The van der Waals surface area contributed by atoms with E-state index in [1.165, 1.54) is 5.56 Å². The molecule has 2 aromatic rings. The van der Waals surface area contributed by atoms with Gasteiger partial charge in [-0.2, -0.15) is 0 Å². The lowest BCUT2D eigenvalue weighted by Crippen LogP contribution is -2.31. The highest BCUT2D eigenvalue weighted by molar-refractivity contribution is 5.81. The van der Waals surface area contributed by atoms with Crippen LogP contribution in [0.25, 0.3) is 0 Å². The van der Waals surface area contributed by atoms with Crippen LogP contribution >= 0.6 is 0 Å². The molecular weight excluding hydrogens is 354 g/mol. The van der Waals surface area contributed by atoms with Crippen LogP contribution in [-0.2, 0) is 24.3 Å². The molecule has 1 fully saturated rings. The summed E-state index contributed by atoms with van der Waals surface area (Å²) >= 11 is 0. The quantitative estimate of drug-likeness (QED) is 0.828. The monoisotopic (exact) mass is 383 g/mol. The van der Waals surface area contributed by atoms with Crippen LogP contribution in [0.1, 0.15) is 48.6 Å². The number of carbonyl (C=O) groups excluding carboxylic acids is 1. The molecule has 150 valence electrons. The molecule has 1 amide bonds. The minimum absolute atomic E-state index is 0.106. The molecule has 0 bridgehead atoms. The van der Waals surface area contributed by atoms with Crippen LogP contribution in [0.4, 0.5) is 0 Å². The highest BCUT2D eigenvalue weighted by atomic mass is 16.5. The molecule has 1 aromatic carbocycles. The Morgan fingerprint density at radius 1 is 1.29 bits per heavy atom. The van der Waals surface area contributed by atoms with Crippen LogP contribution in [0.5, 0.6) is 5.75 Å². The number of aromatic nitrogens is 3. The van der Waals surface area contributed by atoms with Crippen molar-refractivity contribution in [2.75, 3.05) is 20.2 Å². The first-order valence-electron chi connectivity index (χ1n) is 10.1. The summed E-state index contributed by atoms with van der Waals surface area (Å²) in [7, 11) is 1.71. The highest BCUT2D eigenvalue weighted by Gasteiger charge is 2.31. The summed E-state index contributed by atoms with van der Waals surface area (Å²) < 4.78 is 7.55. The number of ether oxygens (including phenoxy) is 1. The Kier molecular flexibility index (Phi) is 5.35. The van der Waals surface area contributed by atoms with Crippen molar-refractivity contribution in [3.05, 3.63) is 41.0 Å². The number of fused-ring (bicyclic) bond motifs is 1. The zero-order chi connectivity index (χ0) is 19.7. The van der Waals surface area contributed by atoms with Gasteiger partial charge in [-0.3, -0.25) is 9.69 Å². The Balaban J connectivity index is 1.40. The van der Waals surface area contributed by atoms with Crippen molar-refractivity contribution in [2.45, 2.75) is 52.2 Å². The first-order chi connectivity index (χ1) is 13.5. The molecule has 0 spiro atoms.